The van der Waals surface area contributed by atoms with Gasteiger partial charge in [0.25, 0.3) is 0 Å². The molecular weight excluding hydrogens is 322 g/mol. The number of hydrogen-bond acceptors (Lipinski definition) is 3. The van der Waals surface area contributed by atoms with Crippen molar-refractivity contribution in [2.24, 2.45) is 0 Å². The van der Waals surface area contributed by atoms with Crippen molar-refractivity contribution in [3.63, 3.8) is 0 Å². The van der Waals surface area contributed by atoms with Gasteiger partial charge in [0.2, 0.25) is 5.91 Å². The predicted molar refractivity (Wildman–Crippen MR) is 86.0 cm³/mol. The molecule has 3 rings (SSSR count). The van der Waals surface area contributed by atoms with E-state index in [4.69, 9.17) is 11.6 Å². The first-order valence-corrected chi connectivity index (χ1v) is 8.87. The van der Waals surface area contributed by atoms with E-state index in [0.29, 0.717) is 11.6 Å². The van der Waals surface area contributed by atoms with Gasteiger partial charge < -0.3 is 4.90 Å². The normalized spacial score (nSPS) is 14.0. The maximum absolute atomic E-state index is 12.4. The number of para-hydroxylation sites is 1. The fraction of sp³-hybridized carbons (Fsp3) is 0.188. The maximum atomic E-state index is 12.4. The van der Waals surface area contributed by atoms with Crippen LogP contribution in [0.15, 0.2) is 53.4 Å². The Morgan fingerprint density at radius 1 is 1.09 bits per heavy atom. The van der Waals surface area contributed by atoms with Crippen LogP contribution in [0.2, 0.25) is 5.02 Å². The summed E-state index contributed by atoms with van der Waals surface area (Å²) in [4.78, 5) is 14.0. The van der Waals surface area contributed by atoms with Crippen molar-refractivity contribution < 1.29 is 13.2 Å². The van der Waals surface area contributed by atoms with E-state index in [9.17, 15) is 13.2 Å². The molecule has 0 aromatic heterocycles. The van der Waals surface area contributed by atoms with Crippen LogP contribution in [0.4, 0.5) is 5.69 Å². The number of carbonyl (C=O) groups is 1. The average molecular weight is 336 g/mol. The molecule has 2 aromatic rings. The van der Waals surface area contributed by atoms with Gasteiger partial charge >= 0.3 is 0 Å². The minimum Gasteiger partial charge on any atom is -0.311 e. The molecule has 0 N–H and O–H groups in total. The van der Waals surface area contributed by atoms with Crippen molar-refractivity contribution in [3.05, 3.63) is 59.1 Å². The topological polar surface area (TPSA) is 54.5 Å². The lowest BCUT2D eigenvalue weighted by molar-refractivity contribution is -0.116. The quantitative estimate of drug-likeness (QED) is 0.866. The molecule has 0 saturated carbocycles. The standard InChI is InChI=1S/C16H14ClNO3S/c17-13-5-7-14(8-6-13)22(20,21)11-16(19)18-10-9-12-3-1-2-4-15(12)18/h1-8H,9-11H2. The van der Waals surface area contributed by atoms with Crippen LogP contribution >= 0.6 is 11.6 Å². The molecule has 0 atom stereocenters. The fourth-order valence-electron chi connectivity index (χ4n) is 2.56. The second kappa shape index (κ2) is 5.74. The van der Waals surface area contributed by atoms with Gasteiger partial charge in [-0.2, -0.15) is 0 Å². The molecule has 1 heterocycles. The highest BCUT2D eigenvalue weighted by atomic mass is 35.5. The monoisotopic (exact) mass is 335 g/mol. The number of hydrogen-bond donors (Lipinski definition) is 0. The zero-order chi connectivity index (χ0) is 15.7. The molecule has 0 spiro atoms. The summed E-state index contributed by atoms with van der Waals surface area (Å²) in [6, 6.07) is 13.4. The van der Waals surface area contributed by atoms with Gasteiger partial charge in [-0.1, -0.05) is 29.8 Å². The lowest BCUT2D eigenvalue weighted by atomic mass is 10.2. The molecule has 2 aromatic carbocycles. The molecule has 1 aliphatic heterocycles. The number of sulfone groups is 1. The second-order valence-corrected chi connectivity index (χ2v) is 7.56. The van der Waals surface area contributed by atoms with Gasteiger partial charge in [-0.05, 0) is 42.3 Å². The van der Waals surface area contributed by atoms with Crippen molar-refractivity contribution in [2.75, 3.05) is 17.2 Å². The van der Waals surface area contributed by atoms with Crippen LogP contribution in [0.3, 0.4) is 0 Å². The molecule has 4 nitrogen and oxygen atoms in total. The van der Waals surface area contributed by atoms with E-state index in [1.807, 2.05) is 24.3 Å². The molecule has 22 heavy (non-hydrogen) atoms. The Balaban J connectivity index is 1.81. The molecule has 1 amide bonds. The third kappa shape index (κ3) is 2.87. The molecule has 0 aliphatic carbocycles. The summed E-state index contributed by atoms with van der Waals surface area (Å²) < 4.78 is 24.7. The van der Waals surface area contributed by atoms with Crippen LogP contribution in [-0.4, -0.2) is 26.6 Å². The number of rotatable bonds is 3. The zero-order valence-electron chi connectivity index (χ0n) is 11.7. The largest absolute Gasteiger partial charge is 0.311 e. The van der Waals surface area contributed by atoms with Crippen molar-refractivity contribution in [1.29, 1.82) is 0 Å². The molecule has 0 bridgehead atoms. The number of halogens is 1. The van der Waals surface area contributed by atoms with Gasteiger partial charge in [-0.25, -0.2) is 8.42 Å². The van der Waals surface area contributed by atoms with Gasteiger partial charge in [0.05, 0.1) is 4.90 Å². The number of nitrogens with zero attached hydrogens (tertiary/aromatic N) is 1. The van der Waals surface area contributed by atoms with E-state index in [1.54, 1.807) is 4.90 Å². The van der Waals surface area contributed by atoms with Gasteiger partial charge in [-0.3, -0.25) is 4.79 Å². The fourth-order valence-corrected chi connectivity index (χ4v) is 3.89. The minimum absolute atomic E-state index is 0.109. The second-order valence-electron chi connectivity index (χ2n) is 5.14. The molecule has 114 valence electrons. The Kier molecular flexibility index (Phi) is 3.93. The molecule has 0 fully saturated rings. The Bertz CT molecular complexity index is 816. The summed E-state index contributed by atoms with van der Waals surface area (Å²) in [5.74, 6) is -0.942. The maximum Gasteiger partial charge on any atom is 0.242 e. The zero-order valence-corrected chi connectivity index (χ0v) is 13.3. The first-order chi connectivity index (χ1) is 10.5. The van der Waals surface area contributed by atoms with Crippen LogP contribution in [-0.2, 0) is 21.1 Å². The van der Waals surface area contributed by atoms with Crippen LogP contribution in [0.5, 0.6) is 0 Å². The van der Waals surface area contributed by atoms with Gasteiger partial charge in [0.1, 0.15) is 5.75 Å². The first-order valence-electron chi connectivity index (χ1n) is 6.84. The smallest absolute Gasteiger partial charge is 0.242 e. The lowest BCUT2D eigenvalue weighted by Crippen LogP contribution is -2.34. The minimum atomic E-state index is -3.67. The third-order valence-electron chi connectivity index (χ3n) is 3.67. The highest BCUT2D eigenvalue weighted by molar-refractivity contribution is 7.92. The van der Waals surface area contributed by atoms with E-state index in [2.05, 4.69) is 0 Å². The van der Waals surface area contributed by atoms with Gasteiger partial charge in [-0.15, -0.1) is 0 Å². The SMILES string of the molecule is O=C(CS(=O)(=O)c1ccc(Cl)cc1)N1CCc2ccccc21. The average Bonchev–Trinajstić information content (AvgIpc) is 2.91. The molecule has 0 radical (unpaired) electrons. The van der Waals surface area contributed by atoms with Crippen LogP contribution < -0.4 is 4.90 Å². The predicted octanol–water partition coefficient (Wildman–Crippen LogP) is 2.70. The van der Waals surface area contributed by atoms with Crippen molar-refractivity contribution in [2.45, 2.75) is 11.3 Å². The molecule has 6 heteroatoms. The highest BCUT2D eigenvalue weighted by Crippen LogP contribution is 2.28. The van der Waals surface area contributed by atoms with Gasteiger partial charge in [0, 0.05) is 17.3 Å². The van der Waals surface area contributed by atoms with Crippen LogP contribution in [0.25, 0.3) is 0 Å². The lowest BCUT2D eigenvalue weighted by Gasteiger charge is -2.17. The summed E-state index contributed by atoms with van der Waals surface area (Å²) in [7, 11) is -3.67. The number of amides is 1. The summed E-state index contributed by atoms with van der Waals surface area (Å²) in [5.41, 5.74) is 1.87. The Labute approximate surface area is 134 Å². The van der Waals surface area contributed by atoms with Crippen molar-refractivity contribution >= 4 is 33.0 Å². The van der Waals surface area contributed by atoms with Crippen LogP contribution in [0, 0.1) is 0 Å². The number of anilines is 1. The molecular formula is C16H14ClNO3S. The Morgan fingerprint density at radius 2 is 1.77 bits per heavy atom. The van der Waals surface area contributed by atoms with E-state index < -0.39 is 21.5 Å². The highest BCUT2D eigenvalue weighted by Gasteiger charge is 2.28. The summed E-state index contributed by atoms with van der Waals surface area (Å²) in [6.07, 6.45) is 0.753. The third-order valence-corrected chi connectivity index (χ3v) is 5.54. The molecule has 0 saturated heterocycles. The number of benzene rings is 2. The van der Waals surface area contributed by atoms with E-state index >= 15 is 0 Å². The Hall–Kier alpha value is -1.85. The van der Waals surface area contributed by atoms with Gasteiger partial charge in [0.15, 0.2) is 9.84 Å². The van der Waals surface area contributed by atoms with E-state index in [0.717, 1.165) is 17.7 Å². The van der Waals surface area contributed by atoms with E-state index in [-0.39, 0.29) is 4.90 Å². The van der Waals surface area contributed by atoms with Crippen molar-refractivity contribution in [1.82, 2.24) is 0 Å². The Morgan fingerprint density at radius 3 is 2.50 bits per heavy atom. The number of fused-ring (bicyclic) bond motifs is 1. The summed E-state index contributed by atoms with van der Waals surface area (Å²) in [6.45, 7) is 0.522. The first kappa shape index (κ1) is 15.1. The number of carbonyl (C=O) groups excluding carboxylic acids is 1. The summed E-state index contributed by atoms with van der Waals surface area (Å²) in [5, 5.41) is 0.457. The van der Waals surface area contributed by atoms with Crippen LogP contribution in [0.1, 0.15) is 5.56 Å². The summed E-state index contributed by atoms with van der Waals surface area (Å²) >= 11 is 5.76. The van der Waals surface area contributed by atoms with E-state index in [1.165, 1.54) is 24.3 Å². The van der Waals surface area contributed by atoms with Crippen molar-refractivity contribution in [3.8, 4) is 0 Å². The molecule has 0 unspecified atom stereocenters. The molecule has 1 aliphatic rings.